The predicted octanol–water partition coefficient (Wildman–Crippen LogP) is 2.52. The van der Waals surface area contributed by atoms with Gasteiger partial charge >= 0.3 is 0 Å². The Morgan fingerprint density at radius 3 is 2.59 bits per heavy atom. The van der Waals surface area contributed by atoms with E-state index in [2.05, 4.69) is 48.4 Å². The van der Waals surface area contributed by atoms with Gasteiger partial charge in [-0.3, -0.25) is 9.59 Å². The number of amides is 2. The molecule has 1 aliphatic heterocycles. The average Bonchev–Trinajstić information content (AvgIpc) is 3.19. The molecule has 27 heavy (non-hydrogen) atoms. The zero-order chi connectivity index (χ0) is 19.6. The van der Waals surface area contributed by atoms with Crippen molar-refractivity contribution in [1.82, 2.24) is 25.4 Å². The first-order valence-corrected chi connectivity index (χ1v) is 9.33. The largest absolute Gasteiger partial charge is 0.352 e. The van der Waals surface area contributed by atoms with E-state index in [0.717, 1.165) is 12.2 Å². The van der Waals surface area contributed by atoms with E-state index >= 15 is 0 Å². The maximum absolute atomic E-state index is 12.2. The normalized spacial score (nSPS) is 18.8. The fourth-order valence-corrected chi connectivity index (χ4v) is 3.30. The fraction of sp³-hybridized carbons (Fsp3) is 0.500. The third-order valence-corrected chi connectivity index (χ3v) is 4.89. The molecule has 0 radical (unpaired) electrons. The zero-order valence-electron chi connectivity index (χ0n) is 16.3. The molecule has 2 N–H and O–H groups in total. The van der Waals surface area contributed by atoms with Gasteiger partial charge in [-0.1, -0.05) is 32.9 Å². The Labute approximate surface area is 159 Å². The van der Waals surface area contributed by atoms with Crippen LogP contribution in [0.1, 0.15) is 74.4 Å². The van der Waals surface area contributed by atoms with Crippen LogP contribution in [0.3, 0.4) is 0 Å². The van der Waals surface area contributed by atoms with Crippen molar-refractivity contribution >= 4 is 11.8 Å². The quantitative estimate of drug-likeness (QED) is 0.847. The van der Waals surface area contributed by atoms with Gasteiger partial charge in [-0.05, 0) is 36.5 Å². The molecule has 2 aromatic rings. The molecule has 2 atom stereocenters. The van der Waals surface area contributed by atoms with Crippen molar-refractivity contribution in [1.29, 1.82) is 0 Å². The van der Waals surface area contributed by atoms with Gasteiger partial charge in [0.2, 0.25) is 5.91 Å². The molecular weight excluding hydrogens is 342 g/mol. The summed E-state index contributed by atoms with van der Waals surface area (Å²) in [4.78, 5) is 28.7. The SMILES string of the molecule is CC1CC(NC(=O)CCNC(=O)c2ccc(C(C)(C)C)cc2)c2ncnn21. The summed E-state index contributed by atoms with van der Waals surface area (Å²) in [6.45, 7) is 8.74. The van der Waals surface area contributed by atoms with Crippen molar-refractivity contribution in [3.05, 3.63) is 47.5 Å². The number of carbonyl (C=O) groups excluding carboxylic acids is 2. The molecule has 0 bridgehead atoms. The average molecular weight is 369 g/mol. The molecule has 3 rings (SSSR count). The number of hydrogen-bond acceptors (Lipinski definition) is 4. The molecule has 1 aromatic carbocycles. The molecular formula is C20H27N5O2. The van der Waals surface area contributed by atoms with Gasteiger partial charge < -0.3 is 10.6 Å². The highest BCUT2D eigenvalue weighted by molar-refractivity contribution is 5.94. The third-order valence-electron chi connectivity index (χ3n) is 4.89. The van der Waals surface area contributed by atoms with Crippen molar-refractivity contribution in [3.8, 4) is 0 Å². The summed E-state index contributed by atoms with van der Waals surface area (Å²) >= 11 is 0. The topological polar surface area (TPSA) is 88.9 Å². The van der Waals surface area contributed by atoms with Gasteiger partial charge in [0, 0.05) is 18.5 Å². The molecule has 0 aliphatic carbocycles. The van der Waals surface area contributed by atoms with Crippen molar-refractivity contribution in [3.63, 3.8) is 0 Å². The van der Waals surface area contributed by atoms with Gasteiger partial charge in [0.15, 0.2) is 0 Å². The van der Waals surface area contributed by atoms with Crippen LogP contribution in [-0.2, 0) is 10.2 Å². The number of carbonyl (C=O) groups is 2. The minimum absolute atomic E-state index is 0.0507. The van der Waals surface area contributed by atoms with Gasteiger partial charge in [-0.2, -0.15) is 5.10 Å². The monoisotopic (exact) mass is 369 g/mol. The second-order valence-corrected chi connectivity index (χ2v) is 8.10. The van der Waals surface area contributed by atoms with Gasteiger partial charge in [-0.25, -0.2) is 9.67 Å². The first kappa shape index (κ1) is 19.1. The van der Waals surface area contributed by atoms with Crippen LogP contribution in [0, 0.1) is 0 Å². The smallest absolute Gasteiger partial charge is 0.251 e. The van der Waals surface area contributed by atoms with Crippen LogP contribution in [0.2, 0.25) is 0 Å². The van der Waals surface area contributed by atoms with Gasteiger partial charge in [0.1, 0.15) is 12.2 Å². The van der Waals surface area contributed by atoms with Crippen LogP contribution >= 0.6 is 0 Å². The predicted molar refractivity (Wildman–Crippen MR) is 102 cm³/mol. The Morgan fingerprint density at radius 2 is 1.93 bits per heavy atom. The van der Waals surface area contributed by atoms with Crippen LogP contribution in [0.15, 0.2) is 30.6 Å². The van der Waals surface area contributed by atoms with Crippen LogP contribution in [0.25, 0.3) is 0 Å². The highest BCUT2D eigenvalue weighted by atomic mass is 16.2. The second kappa shape index (κ2) is 7.50. The Balaban J connectivity index is 1.46. The summed E-state index contributed by atoms with van der Waals surface area (Å²) in [5.74, 6) is 0.517. The maximum atomic E-state index is 12.2. The highest BCUT2D eigenvalue weighted by Crippen LogP contribution is 2.31. The lowest BCUT2D eigenvalue weighted by atomic mass is 9.87. The van der Waals surface area contributed by atoms with Crippen LogP contribution in [0.4, 0.5) is 0 Å². The highest BCUT2D eigenvalue weighted by Gasteiger charge is 2.31. The van der Waals surface area contributed by atoms with E-state index in [1.165, 1.54) is 11.9 Å². The molecule has 144 valence electrons. The third kappa shape index (κ3) is 4.35. The van der Waals surface area contributed by atoms with E-state index in [1.807, 2.05) is 28.9 Å². The summed E-state index contributed by atoms with van der Waals surface area (Å²) in [7, 11) is 0. The molecule has 2 heterocycles. The number of benzene rings is 1. The van der Waals surface area contributed by atoms with Crippen LogP contribution in [-0.4, -0.2) is 33.1 Å². The first-order chi connectivity index (χ1) is 12.8. The van der Waals surface area contributed by atoms with E-state index in [9.17, 15) is 9.59 Å². The molecule has 1 aliphatic rings. The lowest BCUT2D eigenvalue weighted by molar-refractivity contribution is -0.121. The van der Waals surface area contributed by atoms with Gasteiger partial charge in [0.05, 0.1) is 12.1 Å². The Morgan fingerprint density at radius 1 is 1.22 bits per heavy atom. The van der Waals surface area contributed by atoms with Crippen molar-refractivity contribution in [2.75, 3.05) is 6.54 Å². The minimum atomic E-state index is -0.169. The molecule has 2 unspecified atom stereocenters. The van der Waals surface area contributed by atoms with E-state index in [0.29, 0.717) is 12.1 Å². The van der Waals surface area contributed by atoms with Crippen molar-refractivity contribution in [2.45, 2.75) is 58.0 Å². The Hall–Kier alpha value is -2.70. The summed E-state index contributed by atoms with van der Waals surface area (Å²) in [6, 6.07) is 7.70. The van der Waals surface area contributed by atoms with E-state index in [1.54, 1.807) is 0 Å². The Kier molecular flexibility index (Phi) is 5.30. The standard InChI is InChI=1S/C20H27N5O2/c1-13-11-16(18-22-12-23-25(13)18)24-17(26)9-10-21-19(27)14-5-7-15(8-6-14)20(2,3)4/h5-8,12-13,16H,9-11H2,1-4H3,(H,21,27)(H,24,26). The lowest BCUT2D eigenvalue weighted by Gasteiger charge is -2.19. The van der Waals surface area contributed by atoms with E-state index < -0.39 is 0 Å². The van der Waals surface area contributed by atoms with Gasteiger partial charge in [0.25, 0.3) is 5.91 Å². The zero-order valence-corrected chi connectivity index (χ0v) is 16.3. The lowest BCUT2D eigenvalue weighted by Crippen LogP contribution is -2.32. The number of nitrogens with zero attached hydrogens (tertiary/aromatic N) is 3. The number of fused-ring (bicyclic) bond motifs is 1. The molecule has 7 heteroatoms. The number of hydrogen-bond donors (Lipinski definition) is 2. The number of aromatic nitrogens is 3. The molecule has 2 amide bonds. The second-order valence-electron chi connectivity index (χ2n) is 8.10. The van der Waals surface area contributed by atoms with E-state index in [-0.39, 0.29) is 35.7 Å². The summed E-state index contributed by atoms with van der Waals surface area (Å²) in [6.07, 6.45) is 2.52. The maximum Gasteiger partial charge on any atom is 0.251 e. The van der Waals surface area contributed by atoms with Crippen LogP contribution < -0.4 is 10.6 Å². The van der Waals surface area contributed by atoms with Crippen molar-refractivity contribution < 1.29 is 9.59 Å². The van der Waals surface area contributed by atoms with Gasteiger partial charge in [-0.15, -0.1) is 0 Å². The molecule has 0 saturated carbocycles. The Bertz CT molecular complexity index is 820. The molecule has 0 fully saturated rings. The number of rotatable bonds is 5. The fourth-order valence-electron chi connectivity index (χ4n) is 3.30. The molecule has 0 spiro atoms. The minimum Gasteiger partial charge on any atom is -0.352 e. The van der Waals surface area contributed by atoms with Crippen LogP contribution in [0.5, 0.6) is 0 Å². The van der Waals surface area contributed by atoms with E-state index in [4.69, 9.17) is 0 Å². The van der Waals surface area contributed by atoms with Crippen molar-refractivity contribution in [2.24, 2.45) is 0 Å². The summed E-state index contributed by atoms with van der Waals surface area (Å²) in [5, 5.41) is 9.95. The molecule has 7 nitrogen and oxygen atoms in total. The molecule has 0 saturated heterocycles. The number of nitrogens with one attached hydrogen (secondary N) is 2. The molecule has 1 aromatic heterocycles. The first-order valence-electron chi connectivity index (χ1n) is 9.33. The summed E-state index contributed by atoms with van der Waals surface area (Å²) < 4.78 is 1.84. The summed E-state index contributed by atoms with van der Waals surface area (Å²) in [5.41, 5.74) is 1.83.